The molecular weight excluding hydrogens is 434 g/mol. The predicted molar refractivity (Wildman–Crippen MR) is 114 cm³/mol. The third kappa shape index (κ3) is 4.55. The molecule has 1 saturated heterocycles. The van der Waals surface area contributed by atoms with Gasteiger partial charge in [-0.1, -0.05) is 0 Å². The molecule has 0 radical (unpaired) electrons. The molecule has 2 fully saturated rings. The number of hydrogen-bond donors (Lipinski definition) is 2. The van der Waals surface area contributed by atoms with E-state index in [9.17, 15) is 18.8 Å². The highest BCUT2D eigenvalue weighted by molar-refractivity contribution is 7.89. The molecule has 1 saturated carbocycles. The van der Waals surface area contributed by atoms with Crippen LogP contribution in [0.1, 0.15) is 44.6 Å². The molecular formula is C20H27N7O4S. The molecule has 2 atom stereocenters. The lowest BCUT2D eigenvalue weighted by Crippen LogP contribution is -2.42. The minimum Gasteiger partial charge on any atom is -0.470 e. The third-order valence-electron chi connectivity index (χ3n) is 6.08. The van der Waals surface area contributed by atoms with Crippen LogP contribution in [0.4, 0.5) is 5.95 Å². The smallest absolute Gasteiger partial charge is 0.246 e. The molecule has 0 amide bonds. The highest BCUT2D eigenvalue weighted by Crippen LogP contribution is 2.33. The number of anilines is 1. The van der Waals surface area contributed by atoms with Crippen molar-refractivity contribution in [3.8, 4) is 11.9 Å². The van der Waals surface area contributed by atoms with Crippen LogP contribution in [0.5, 0.6) is 5.88 Å². The maximum atomic E-state index is 12.8. The average molecular weight is 462 g/mol. The van der Waals surface area contributed by atoms with E-state index in [1.807, 2.05) is 6.07 Å². The number of rotatable bonds is 6. The highest BCUT2D eigenvalue weighted by atomic mass is 32.2. The summed E-state index contributed by atoms with van der Waals surface area (Å²) < 4.78 is 34.3. The van der Waals surface area contributed by atoms with Crippen LogP contribution in [0, 0.1) is 11.3 Å². The molecule has 2 N–H and O–H groups in total. The van der Waals surface area contributed by atoms with Crippen molar-refractivity contribution in [3.05, 3.63) is 24.2 Å². The zero-order chi connectivity index (χ0) is 22.9. The van der Waals surface area contributed by atoms with E-state index < -0.39 is 21.7 Å². The SMILES string of the molecule is Cn1cc(S(=O)(=O)N2CCC(Nc3ncc(C#N)c(O[C@H]4CCC[C@@]4(C)O)n3)CC2)cn1. The Hall–Kier alpha value is -2.75. The molecule has 1 aliphatic carbocycles. The van der Waals surface area contributed by atoms with Gasteiger partial charge in [-0.2, -0.15) is 19.6 Å². The number of aromatic nitrogens is 4. The fourth-order valence-corrected chi connectivity index (χ4v) is 5.60. The normalized spacial score (nSPS) is 24.9. The molecule has 3 heterocycles. The number of sulfonamides is 1. The van der Waals surface area contributed by atoms with Gasteiger partial charge in [0.15, 0.2) is 0 Å². The van der Waals surface area contributed by atoms with E-state index in [0.29, 0.717) is 44.7 Å². The number of nitriles is 1. The number of piperidine rings is 1. The summed E-state index contributed by atoms with van der Waals surface area (Å²) in [6.07, 6.45) is 7.14. The average Bonchev–Trinajstić information content (AvgIpc) is 3.34. The molecule has 0 unspecified atom stereocenters. The number of aliphatic hydroxyl groups is 1. The molecule has 0 bridgehead atoms. The zero-order valence-corrected chi connectivity index (χ0v) is 18.9. The summed E-state index contributed by atoms with van der Waals surface area (Å²) in [7, 11) is -1.89. The quantitative estimate of drug-likeness (QED) is 0.644. The van der Waals surface area contributed by atoms with Crippen molar-refractivity contribution in [2.75, 3.05) is 18.4 Å². The van der Waals surface area contributed by atoms with Gasteiger partial charge < -0.3 is 15.2 Å². The van der Waals surface area contributed by atoms with Crippen molar-refractivity contribution in [2.45, 2.75) is 61.7 Å². The molecule has 172 valence electrons. The second-order valence-electron chi connectivity index (χ2n) is 8.55. The van der Waals surface area contributed by atoms with Crippen LogP contribution >= 0.6 is 0 Å². The minimum absolute atomic E-state index is 0.0225. The fraction of sp³-hybridized carbons (Fsp3) is 0.600. The first-order chi connectivity index (χ1) is 15.2. The van der Waals surface area contributed by atoms with Gasteiger partial charge in [0, 0.05) is 32.4 Å². The molecule has 11 nitrogen and oxygen atoms in total. The number of aryl methyl sites for hydroxylation is 1. The van der Waals surface area contributed by atoms with Crippen molar-refractivity contribution in [1.29, 1.82) is 5.26 Å². The summed E-state index contributed by atoms with van der Waals surface area (Å²) in [6.45, 7) is 2.45. The Bertz CT molecular complexity index is 1120. The van der Waals surface area contributed by atoms with Gasteiger partial charge in [0.2, 0.25) is 21.9 Å². The molecule has 2 aliphatic rings. The van der Waals surface area contributed by atoms with Gasteiger partial charge in [-0.05, 0) is 39.0 Å². The molecule has 2 aromatic heterocycles. The van der Waals surface area contributed by atoms with Crippen LogP contribution in [0.3, 0.4) is 0 Å². The lowest BCUT2D eigenvalue weighted by Gasteiger charge is -2.31. The Morgan fingerprint density at radius 2 is 2.06 bits per heavy atom. The summed E-state index contributed by atoms with van der Waals surface area (Å²) in [6, 6.07) is 2.01. The van der Waals surface area contributed by atoms with E-state index in [-0.39, 0.29) is 22.4 Å². The maximum Gasteiger partial charge on any atom is 0.246 e. The number of hydrogen-bond acceptors (Lipinski definition) is 9. The first kappa shape index (κ1) is 22.4. The Kier molecular flexibility index (Phi) is 6.07. The molecule has 4 rings (SSSR count). The van der Waals surface area contributed by atoms with Gasteiger partial charge >= 0.3 is 0 Å². The Labute approximate surface area is 187 Å². The van der Waals surface area contributed by atoms with Crippen molar-refractivity contribution < 1.29 is 18.3 Å². The van der Waals surface area contributed by atoms with Gasteiger partial charge in [-0.3, -0.25) is 4.68 Å². The molecule has 32 heavy (non-hydrogen) atoms. The Morgan fingerprint density at radius 1 is 1.31 bits per heavy atom. The summed E-state index contributed by atoms with van der Waals surface area (Å²) in [5.74, 6) is 0.457. The predicted octanol–water partition coefficient (Wildman–Crippen LogP) is 1.03. The summed E-state index contributed by atoms with van der Waals surface area (Å²) >= 11 is 0. The van der Waals surface area contributed by atoms with E-state index in [1.165, 1.54) is 27.6 Å². The van der Waals surface area contributed by atoms with Crippen LogP contribution < -0.4 is 10.1 Å². The van der Waals surface area contributed by atoms with Crippen LogP contribution in [0.25, 0.3) is 0 Å². The third-order valence-corrected chi connectivity index (χ3v) is 7.93. The molecule has 12 heteroatoms. The van der Waals surface area contributed by atoms with E-state index in [2.05, 4.69) is 20.4 Å². The Morgan fingerprint density at radius 3 is 2.66 bits per heavy atom. The zero-order valence-electron chi connectivity index (χ0n) is 18.1. The maximum absolute atomic E-state index is 12.8. The van der Waals surface area contributed by atoms with Gasteiger partial charge in [-0.25, -0.2) is 13.4 Å². The first-order valence-corrected chi connectivity index (χ1v) is 12.0. The summed E-state index contributed by atoms with van der Waals surface area (Å²) in [5, 5.41) is 27.0. The number of nitrogens with zero attached hydrogens (tertiary/aromatic N) is 6. The molecule has 0 aromatic carbocycles. The van der Waals surface area contributed by atoms with Crippen LogP contribution in [-0.4, -0.2) is 68.4 Å². The Balaban J connectivity index is 1.40. The molecule has 1 aliphatic heterocycles. The van der Waals surface area contributed by atoms with Crippen molar-refractivity contribution in [2.24, 2.45) is 7.05 Å². The summed E-state index contributed by atoms with van der Waals surface area (Å²) in [4.78, 5) is 8.75. The van der Waals surface area contributed by atoms with Crippen LogP contribution in [0.15, 0.2) is 23.5 Å². The van der Waals surface area contributed by atoms with E-state index >= 15 is 0 Å². The van der Waals surface area contributed by atoms with Gasteiger partial charge in [0.1, 0.15) is 22.6 Å². The number of ether oxygens (including phenoxy) is 1. The minimum atomic E-state index is -3.57. The van der Waals surface area contributed by atoms with E-state index in [1.54, 1.807) is 14.0 Å². The van der Waals surface area contributed by atoms with Crippen molar-refractivity contribution >= 4 is 16.0 Å². The fourth-order valence-electron chi connectivity index (χ4n) is 4.14. The van der Waals surface area contributed by atoms with Crippen molar-refractivity contribution in [3.63, 3.8) is 0 Å². The largest absolute Gasteiger partial charge is 0.470 e. The lowest BCUT2D eigenvalue weighted by molar-refractivity contribution is -0.0271. The van der Waals surface area contributed by atoms with Crippen molar-refractivity contribution in [1.82, 2.24) is 24.1 Å². The lowest BCUT2D eigenvalue weighted by atomic mass is 10.0. The van der Waals surface area contributed by atoms with E-state index in [4.69, 9.17) is 4.74 Å². The van der Waals surface area contributed by atoms with Gasteiger partial charge in [0.05, 0.1) is 18.0 Å². The second-order valence-corrected chi connectivity index (χ2v) is 10.5. The van der Waals surface area contributed by atoms with Crippen LogP contribution in [0.2, 0.25) is 0 Å². The standard InChI is InChI=1S/C20H27N7O4S/c1-20(28)7-3-4-17(20)31-18-14(10-21)11-22-19(25-18)24-15-5-8-27(9-6-15)32(29,30)16-12-23-26(2)13-16/h11-13,15,17,28H,3-9H2,1-2H3,(H,22,24,25)/t17-,20+/m0/s1. The second kappa shape index (κ2) is 8.65. The monoisotopic (exact) mass is 461 g/mol. The van der Waals surface area contributed by atoms with Gasteiger partial charge in [0.25, 0.3) is 0 Å². The molecule has 2 aromatic rings. The van der Waals surface area contributed by atoms with E-state index in [0.717, 1.165) is 6.42 Å². The van der Waals surface area contributed by atoms with Crippen LogP contribution in [-0.2, 0) is 17.1 Å². The number of nitrogens with one attached hydrogen (secondary N) is 1. The topological polar surface area (TPSA) is 146 Å². The highest BCUT2D eigenvalue weighted by Gasteiger charge is 2.39. The summed E-state index contributed by atoms with van der Waals surface area (Å²) in [5.41, 5.74) is -0.756. The van der Waals surface area contributed by atoms with Gasteiger partial charge in [-0.15, -0.1) is 0 Å². The first-order valence-electron chi connectivity index (χ1n) is 10.6. The molecule has 0 spiro atoms.